The van der Waals surface area contributed by atoms with Crippen molar-refractivity contribution >= 4 is 7.60 Å². The van der Waals surface area contributed by atoms with Crippen molar-refractivity contribution in [3.63, 3.8) is 0 Å². The number of H-pyrrole nitrogens is 1. The number of aromatic amines is 1. The van der Waals surface area contributed by atoms with E-state index in [1.165, 1.54) is 20.4 Å². The maximum atomic E-state index is 11.8. The molecule has 130 valence electrons. The van der Waals surface area contributed by atoms with Gasteiger partial charge in [0, 0.05) is 32.3 Å². The fourth-order valence-electron chi connectivity index (χ4n) is 1.70. The van der Waals surface area contributed by atoms with E-state index in [0.717, 1.165) is 16.7 Å². The van der Waals surface area contributed by atoms with Gasteiger partial charge in [-0.1, -0.05) is 0 Å². The molecule has 0 radical (unpaired) electrons. The predicted octanol–water partition coefficient (Wildman–Crippen LogP) is -0.595. The fraction of sp³-hybridized carbons (Fsp3) is 0.500. The summed E-state index contributed by atoms with van der Waals surface area (Å²) in [5.74, 6) is 0.691. The third-order valence-electron chi connectivity index (χ3n) is 2.63. The monoisotopic (exact) mass is 350 g/mol. The zero-order chi connectivity index (χ0) is 17.5. The lowest BCUT2D eigenvalue weighted by atomic mass is 10.3. The lowest BCUT2D eigenvalue weighted by molar-refractivity contribution is -0.0917. The molecule has 0 aliphatic heterocycles. The largest absolute Gasteiger partial charge is 0.382 e. The lowest BCUT2D eigenvalue weighted by Crippen LogP contribution is -2.36. The van der Waals surface area contributed by atoms with E-state index in [0.29, 0.717) is 5.82 Å². The molecule has 10 nitrogen and oxygen atoms in total. The van der Waals surface area contributed by atoms with Crippen LogP contribution in [0.3, 0.4) is 0 Å². The third kappa shape index (κ3) is 7.04. The Hall–Kier alpha value is -1.55. The smallest absolute Gasteiger partial charge is 0.348 e. The molecular weight excluding hydrogens is 331 g/mol. The molecule has 2 atom stereocenters. The van der Waals surface area contributed by atoms with E-state index in [1.807, 2.05) is 0 Å². The number of rotatable bonds is 9. The maximum absolute atomic E-state index is 11.8. The Bertz CT molecular complexity index is 676. The first-order valence-electron chi connectivity index (χ1n) is 6.46. The van der Waals surface area contributed by atoms with Gasteiger partial charge in [0.15, 0.2) is 6.23 Å². The lowest BCUT2D eigenvalue weighted by Gasteiger charge is -2.23. The van der Waals surface area contributed by atoms with Gasteiger partial charge in [-0.3, -0.25) is 18.9 Å². The average Bonchev–Trinajstić information content (AvgIpc) is 2.44. The van der Waals surface area contributed by atoms with E-state index in [-0.39, 0.29) is 13.2 Å². The van der Waals surface area contributed by atoms with Crippen LogP contribution < -0.4 is 11.2 Å². The van der Waals surface area contributed by atoms with Gasteiger partial charge in [0.05, 0.1) is 13.2 Å². The Morgan fingerprint density at radius 2 is 1.96 bits per heavy atom. The molecule has 0 fully saturated rings. The summed E-state index contributed by atoms with van der Waals surface area (Å²) < 4.78 is 27.5. The molecule has 1 aromatic rings. The Morgan fingerprint density at radius 3 is 2.48 bits per heavy atom. The molecule has 1 rings (SSSR count). The third-order valence-corrected chi connectivity index (χ3v) is 3.19. The molecule has 23 heavy (non-hydrogen) atoms. The van der Waals surface area contributed by atoms with Crippen LogP contribution in [0.2, 0.25) is 0 Å². The van der Waals surface area contributed by atoms with Crippen LogP contribution in [0.1, 0.15) is 6.23 Å². The minimum atomic E-state index is -4.35. The highest BCUT2D eigenvalue weighted by Crippen LogP contribution is 2.36. The Balaban J connectivity index is 3.03. The zero-order valence-electron chi connectivity index (χ0n) is 12.6. The van der Waals surface area contributed by atoms with Crippen LogP contribution in [0.25, 0.3) is 0 Å². The minimum Gasteiger partial charge on any atom is -0.382 e. The van der Waals surface area contributed by atoms with E-state index in [1.54, 1.807) is 0 Å². The molecule has 0 spiro atoms. The van der Waals surface area contributed by atoms with Gasteiger partial charge in [-0.15, -0.1) is 0 Å². The minimum absolute atomic E-state index is 0.00514. The van der Waals surface area contributed by atoms with E-state index in [4.69, 9.17) is 24.0 Å². The molecular formula is C12H19N2O8P. The molecule has 1 heterocycles. The van der Waals surface area contributed by atoms with Crippen LogP contribution in [0.4, 0.5) is 0 Å². The second-order valence-corrected chi connectivity index (χ2v) is 5.96. The van der Waals surface area contributed by atoms with Crippen molar-refractivity contribution in [1.82, 2.24) is 9.55 Å². The number of methoxy groups -OCH3 is 2. The van der Waals surface area contributed by atoms with Gasteiger partial charge in [-0.2, -0.15) is 0 Å². The second-order valence-electron chi connectivity index (χ2n) is 4.49. The van der Waals surface area contributed by atoms with E-state index >= 15 is 0 Å². The van der Waals surface area contributed by atoms with Crippen molar-refractivity contribution < 1.29 is 28.6 Å². The van der Waals surface area contributed by atoms with Gasteiger partial charge in [-0.25, -0.2) is 4.79 Å². The van der Waals surface area contributed by atoms with Crippen LogP contribution in [-0.2, 0) is 18.8 Å². The summed E-state index contributed by atoms with van der Waals surface area (Å²) in [5.41, 5.74) is -1.26. The normalized spacial score (nSPS) is 15.0. The van der Waals surface area contributed by atoms with Gasteiger partial charge in [0.25, 0.3) is 5.56 Å². The van der Waals surface area contributed by atoms with Gasteiger partial charge < -0.3 is 24.0 Å². The van der Waals surface area contributed by atoms with Crippen molar-refractivity contribution in [2.24, 2.45) is 0 Å². The Kier molecular flexibility index (Phi) is 7.56. The number of ether oxygens (including phenoxy) is 3. The Morgan fingerprint density at radius 1 is 1.30 bits per heavy atom. The first kappa shape index (κ1) is 19.5. The van der Waals surface area contributed by atoms with Gasteiger partial charge >= 0.3 is 13.3 Å². The fourth-order valence-corrected chi connectivity index (χ4v) is 2.11. The summed E-state index contributed by atoms with van der Waals surface area (Å²) in [6.45, 7) is -0.0370. The summed E-state index contributed by atoms with van der Waals surface area (Å²) in [6, 6.07) is 1.14. The molecule has 0 aromatic carbocycles. The van der Waals surface area contributed by atoms with Crippen LogP contribution in [0.15, 0.2) is 33.7 Å². The topological polar surface area (TPSA) is 140 Å². The number of aromatic nitrogens is 2. The standard InChI is InChI=1S/C12H19N2O8P/c1-20-7-9(4-6-23(17,18)19)22-11(8-21-2)14-5-3-10(15)13-12(14)16/h3-6,9,11H,7-8H2,1-2H3,(H,13,15,16)(H2,17,18,19)/b6-4+/t9-,11-/m1/s1. The molecule has 11 heteroatoms. The number of nitrogens with one attached hydrogen (secondary N) is 1. The van der Waals surface area contributed by atoms with Crippen molar-refractivity contribution in [2.75, 3.05) is 27.4 Å². The van der Waals surface area contributed by atoms with E-state index < -0.39 is 31.2 Å². The molecule has 0 saturated heterocycles. The van der Waals surface area contributed by atoms with E-state index in [2.05, 4.69) is 4.98 Å². The van der Waals surface area contributed by atoms with Crippen molar-refractivity contribution in [3.8, 4) is 0 Å². The van der Waals surface area contributed by atoms with Crippen LogP contribution in [-0.4, -0.2) is 52.9 Å². The number of nitrogens with zero attached hydrogens (tertiary/aromatic N) is 1. The molecule has 0 aliphatic rings. The van der Waals surface area contributed by atoms with Gasteiger partial charge in [0.1, 0.15) is 6.10 Å². The first-order valence-corrected chi connectivity index (χ1v) is 8.14. The summed E-state index contributed by atoms with van der Waals surface area (Å²) in [4.78, 5) is 42.7. The molecule has 3 N–H and O–H groups in total. The summed E-state index contributed by atoms with van der Waals surface area (Å²) in [7, 11) is -1.57. The van der Waals surface area contributed by atoms with E-state index in [9.17, 15) is 14.2 Å². The summed E-state index contributed by atoms with van der Waals surface area (Å²) in [5, 5.41) is 0. The quantitative estimate of drug-likeness (QED) is 0.502. The summed E-state index contributed by atoms with van der Waals surface area (Å²) >= 11 is 0. The van der Waals surface area contributed by atoms with Crippen LogP contribution in [0, 0.1) is 0 Å². The molecule has 0 bridgehead atoms. The zero-order valence-corrected chi connectivity index (χ0v) is 13.5. The first-order chi connectivity index (χ1) is 10.8. The van der Waals surface area contributed by atoms with Crippen molar-refractivity contribution in [3.05, 3.63) is 45.0 Å². The highest BCUT2D eigenvalue weighted by Gasteiger charge is 2.19. The highest BCUT2D eigenvalue weighted by molar-refractivity contribution is 7.55. The van der Waals surface area contributed by atoms with Crippen LogP contribution in [0.5, 0.6) is 0 Å². The summed E-state index contributed by atoms with van der Waals surface area (Å²) in [6.07, 6.45) is 0.614. The number of hydrogen-bond donors (Lipinski definition) is 3. The molecule has 0 aliphatic carbocycles. The second kappa shape index (κ2) is 8.92. The van der Waals surface area contributed by atoms with Gasteiger partial charge in [-0.05, 0) is 6.08 Å². The predicted molar refractivity (Wildman–Crippen MR) is 80.2 cm³/mol. The van der Waals surface area contributed by atoms with Crippen molar-refractivity contribution in [2.45, 2.75) is 12.3 Å². The maximum Gasteiger partial charge on any atom is 0.348 e. The van der Waals surface area contributed by atoms with Crippen molar-refractivity contribution in [1.29, 1.82) is 0 Å². The average molecular weight is 350 g/mol. The number of hydrogen-bond acceptors (Lipinski definition) is 6. The SMILES string of the molecule is COC[C@@H](/C=C/P(=O)(O)O)O[C@H](COC)n1ccc(=O)[nH]c1=O. The molecule has 0 amide bonds. The van der Waals surface area contributed by atoms with Crippen LogP contribution >= 0.6 is 7.60 Å². The molecule has 0 saturated carbocycles. The highest BCUT2D eigenvalue weighted by atomic mass is 31.2. The Labute approximate surface area is 131 Å². The molecule has 1 aromatic heterocycles. The van der Waals surface area contributed by atoms with Gasteiger partial charge in [0.2, 0.25) is 0 Å². The molecule has 0 unspecified atom stereocenters.